The molecule has 0 bridgehead atoms. The van der Waals surface area contributed by atoms with E-state index in [2.05, 4.69) is 4.90 Å². The van der Waals surface area contributed by atoms with Gasteiger partial charge in [0, 0.05) is 20.1 Å². The summed E-state index contributed by atoms with van der Waals surface area (Å²) in [4.78, 5) is 15.9. The van der Waals surface area contributed by atoms with Crippen molar-refractivity contribution < 1.29 is 4.79 Å². The first-order valence-corrected chi connectivity index (χ1v) is 5.68. The van der Waals surface area contributed by atoms with E-state index in [1.54, 1.807) is 18.7 Å². The van der Waals surface area contributed by atoms with Crippen molar-refractivity contribution in [2.24, 2.45) is 5.73 Å². The Morgan fingerprint density at radius 3 is 2.40 bits per heavy atom. The highest BCUT2D eigenvalue weighted by atomic mass is 16.2. The van der Waals surface area contributed by atoms with E-state index < -0.39 is 5.54 Å². The fourth-order valence-corrected chi connectivity index (χ4v) is 1.89. The van der Waals surface area contributed by atoms with Crippen LogP contribution in [0, 0.1) is 0 Å². The maximum absolute atomic E-state index is 11.8. The standard InChI is InChI=1S/C11H23N3O/c1-11(2,12)10(15)13(3)8-9-14-6-4-5-7-14/h4-9,12H2,1-3H3. The van der Waals surface area contributed by atoms with Crippen molar-refractivity contribution in [2.45, 2.75) is 32.2 Å². The van der Waals surface area contributed by atoms with Gasteiger partial charge in [-0.2, -0.15) is 0 Å². The summed E-state index contributed by atoms with van der Waals surface area (Å²) in [6.07, 6.45) is 2.58. The predicted octanol–water partition coefficient (Wildman–Crippen LogP) is 0.278. The number of likely N-dealkylation sites (tertiary alicyclic amines) is 1. The summed E-state index contributed by atoms with van der Waals surface area (Å²) in [6, 6.07) is 0. The summed E-state index contributed by atoms with van der Waals surface area (Å²) in [5.74, 6) is 0.0155. The largest absolute Gasteiger partial charge is 0.343 e. The lowest BCUT2D eigenvalue weighted by molar-refractivity contribution is -0.134. The van der Waals surface area contributed by atoms with Crippen LogP contribution in [0.15, 0.2) is 0 Å². The first kappa shape index (κ1) is 12.5. The molecule has 0 spiro atoms. The van der Waals surface area contributed by atoms with E-state index in [0.717, 1.165) is 13.1 Å². The smallest absolute Gasteiger partial charge is 0.241 e. The van der Waals surface area contributed by atoms with Gasteiger partial charge >= 0.3 is 0 Å². The third kappa shape index (κ3) is 3.80. The average molecular weight is 213 g/mol. The van der Waals surface area contributed by atoms with Gasteiger partial charge in [-0.15, -0.1) is 0 Å². The molecule has 4 nitrogen and oxygen atoms in total. The van der Waals surface area contributed by atoms with Crippen molar-refractivity contribution in [2.75, 3.05) is 33.2 Å². The molecule has 1 amide bonds. The molecule has 0 aromatic heterocycles. The number of likely N-dealkylation sites (N-methyl/N-ethyl adjacent to an activating group) is 1. The Morgan fingerprint density at radius 1 is 1.40 bits per heavy atom. The molecular weight excluding hydrogens is 190 g/mol. The van der Waals surface area contributed by atoms with Crippen molar-refractivity contribution in [1.82, 2.24) is 9.80 Å². The number of amides is 1. The highest BCUT2D eigenvalue weighted by Crippen LogP contribution is 2.07. The maximum Gasteiger partial charge on any atom is 0.241 e. The average Bonchev–Trinajstić information content (AvgIpc) is 2.63. The molecule has 0 atom stereocenters. The summed E-state index contributed by atoms with van der Waals surface area (Å²) >= 11 is 0. The zero-order valence-corrected chi connectivity index (χ0v) is 10.1. The molecule has 0 saturated carbocycles. The number of nitrogens with zero attached hydrogens (tertiary/aromatic N) is 2. The normalized spacial score (nSPS) is 18.1. The number of hydrogen-bond donors (Lipinski definition) is 1. The van der Waals surface area contributed by atoms with Crippen LogP contribution >= 0.6 is 0 Å². The molecule has 0 aromatic rings. The Balaban J connectivity index is 2.28. The van der Waals surface area contributed by atoms with E-state index in [0.29, 0.717) is 0 Å². The fourth-order valence-electron chi connectivity index (χ4n) is 1.89. The monoisotopic (exact) mass is 213 g/mol. The highest BCUT2D eigenvalue weighted by molar-refractivity contribution is 5.84. The quantitative estimate of drug-likeness (QED) is 0.729. The van der Waals surface area contributed by atoms with Gasteiger partial charge in [-0.25, -0.2) is 0 Å². The van der Waals surface area contributed by atoms with Crippen LogP contribution in [-0.4, -0.2) is 54.5 Å². The molecule has 88 valence electrons. The van der Waals surface area contributed by atoms with Crippen LogP contribution in [0.5, 0.6) is 0 Å². The first-order valence-electron chi connectivity index (χ1n) is 5.68. The minimum atomic E-state index is -0.750. The summed E-state index contributed by atoms with van der Waals surface area (Å²) < 4.78 is 0. The lowest BCUT2D eigenvalue weighted by Gasteiger charge is -2.27. The maximum atomic E-state index is 11.8. The third-order valence-corrected chi connectivity index (χ3v) is 2.85. The molecule has 0 aromatic carbocycles. The fraction of sp³-hybridized carbons (Fsp3) is 0.909. The Hall–Kier alpha value is -0.610. The summed E-state index contributed by atoms with van der Waals surface area (Å²) in [6.45, 7) is 7.60. The molecule has 2 N–H and O–H groups in total. The topological polar surface area (TPSA) is 49.6 Å². The van der Waals surface area contributed by atoms with Gasteiger partial charge in [0.2, 0.25) is 5.91 Å². The minimum absolute atomic E-state index is 0.0155. The van der Waals surface area contributed by atoms with Crippen LogP contribution in [0.25, 0.3) is 0 Å². The summed E-state index contributed by atoms with van der Waals surface area (Å²) in [7, 11) is 1.83. The summed E-state index contributed by atoms with van der Waals surface area (Å²) in [5.41, 5.74) is 5.01. The second-order valence-corrected chi connectivity index (χ2v) is 5.00. The molecule has 15 heavy (non-hydrogen) atoms. The lowest BCUT2D eigenvalue weighted by atomic mass is 10.1. The highest BCUT2D eigenvalue weighted by Gasteiger charge is 2.25. The van der Waals surface area contributed by atoms with Gasteiger partial charge in [0.1, 0.15) is 0 Å². The first-order chi connectivity index (χ1) is 6.91. The molecule has 1 saturated heterocycles. The van der Waals surface area contributed by atoms with E-state index in [-0.39, 0.29) is 5.91 Å². The van der Waals surface area contributed by atoms with Crippen LogP contribution in [0.1, 0.15) is 26.7 Å². The van der Waals surface area contributed by atoms with Gasteiger partial charge in [0.05, 0.1) is 5.54 Å². The van der Waals surface area contributed by atoms with Gasteiger partial charge in [-0.3, -0.25) is 4.79 Å². The minimum Gasteiger partial charge on any atom is -0.343 e. The number of rotatable bonds is 4. The van der Waals surface area contributed by atoms with Crippen molar-refractivity contribution in [3.63, 3.8) is 0 Å². The Morgan fingerprint density at radius 2 is 1.93 bits per heavy atom. The second-order valence-electron chi connectivity index (χ2n) is 5.00. The number of carbonyl (C=O) groups is 1. The van der Waals surface area contributed by atoms with E-state index in [4.69, 9.17) is 5.73 Å². The van der Waals surface area contributed by atoms with Crippen molar-refractivity contribution in [1.29, 1.82) is 0 Å². The molecule has 0 unspecified atom stereocenters. The van der Waals surface area contributed by atoms with Gasteiger partial charge in [-0.05, 0) is 39.8 Å². The number of nitrogens with two attached hydrogens (primary N) is 1. The van der Waals surface area contributed by atoms with E-state index in [1.165, 1.54) is 25.9 Å². The van der Waals surface area contributed by atoms with Gasteiger partial charge in [0.15, 0.2) is 0 Å². The Bertz CT molecular complexity index is 216. The molecule has 1 heterocycles. The molecule has 1 aliphatic heterocycles. The Kier molecular flexibility index (Phi) is 4.11. The molecule has 4 heteroatoms. The molecular formula is C11H23N3O. The number of hydrogen-bond acceptors (Lipinski definition) is 3. The van der Waals surface area contributed by atoms with E-state index in [1.807, 2.05) is 7.05 Å². The van der Waals surface area contributed by atoms with Crippen LogP contribution in [0.4, 0.5) is 0 Å². The van der Waals surface area contributed by atoms with Crippen molar-refractivity contribution in [3.05, 3.63) is 0 Å². The van der Waals surface area contributed by atoms with Crippen LogP contribution in [0.3, 0.4) is 0 Å². The van der Waals surface area contributed by atoms with Gasteiger partial charge in [-0.1, -0.05) is 0 Å². The predicted molar refractivity (Wildman–Crippen MR) is 61.6 cm³/mol. The zero-order valence-electron chi connectivity index (χ0n) is 10.1. The molecule has 0 aliphatic carbocycles. The van der Waals surface area contributed by atoms with Gasteiger partial charge in [0.25, 0.3) is 0 Å². The van der Waals surface area contributed by atoms with E-state index in [9.17, 15) is 4.79 Å². The SMILES string of the molecule is CN(CCN1CCCC1)C(=O)C(C)(C)N. The van der Waals surface area contributed by atoms with Crippen LogP contribution in [-0.2, 0) is 4.79 Å². The zero-order chi connectivity index (χ0) is 11.5. The summed E-state index contributed by atoms with van der Waals surface area (Å²) in [5, 5.41) is 0. The van der Waals surface area contributed by atoms with Crippen molar-refractivity contribution in [3.8, 4) is 0 Å². The molecule has 1 fully saturated rings. The second kappa shape index (κ2) is 4.94. The molecule has 0 radical (unpaired) electrons. The van der Waals surface area contributed by atoms with Crippen molar-refractivity contribution >= 4 is 5.91 Å². The van der Waals surface area contributed by atoms with Gasteiger partial charge < -0.3 is 15.5 Å². The van der Waals surface area contributed by atoms with E-state index >= 15 is 0 Å². The van der Waals surface area contributed by atoms with Crippen LogP contribution in [0.2, 0.25) is 0 Å². The number of carbonyl (C=O) groups excluding carboxylic acids is 1. The molecule has 1 rings (SSSR count). The Labute approximate surface area is 92.4 Å². The lowest BCUT2D eigenvalue weighted by Crippen LogP contribution is -2.51. The molecule has 1 aliphatic rings. The van der Waals surface area contributed by atoms with Crippen LogP contribution < -0.4 is 5.73 Å². The third-order valence-electron chi connectivity index (χ3n) is 2.85.